The Labute approximate surface area is 170 Å². The van der Waals surface area contributed by atoms with Gasteiger partial charge in [0.25, 0.3) is 5.91 Å². The Morgan fingerprint density at radius 3 is 2.55 bits per heavy atom. The van der Waals surface area contributed by atoms with Crippen molar-refractivity contribution in [2.24, 2.45) is 0 Å². The van der Waals surface area contributed by atoms with E-state index in [0.717, 1.165) is 37.0 Å². The van der Waals surface area contributed by atoms with E-state index in [9.17, 15) is 4.79 Å². The van der Waals surface area contributed by atoms with Crippen molar-refractivity contribution in [2.45, 2.75) is 63.7 Å². The fraction of sp³-hybridized carbons (Fsp3) is 0.545. The van der Waals surface area contributed by atoms with Crippen molar-refractivity contribution < 1.29 is 9.21 Å². The molecule has 3 aromatic rings. The van der Waals surface area contributed by atoms with Crippen LogP contribution < -0.4 is 0 Å². The molecule has 7 nitrogen and oxygen atoms in total. The number of piperidine rings is 1. The molecule has 4 heterocycles. The summed E-state index contributed by atoms with van der Waals surface area (Å²) < 4.78 is 7.73. The fourth-order valence-electron chi connectivity index (χ4n) is 4.82. The van der Waals surface area contributed by atoms with Crippen molar-refractivity contribution in [3.05, 3.63) is 47.7 Å². The molecule has 29 heavy (non-hydrogen) atoms. The fourth-order valence-corrected chi connectivity index (χ4v) is 4.82. The molecule has 0 unspecified atom stereocenters. The molecule has 2 fully saturated rings. The summed E-state index contributed by atoms with van der Waals surface area (Å²) in [6, 6.07) is 6.02. The topological polar surface area (TPSA) is 76.5 Å². The average Bonchev–Trinajstić information content (AvgIpc) is 3.38. The van der Waals surface area contributed by atoms with Crippen molar-refractivity contribution in [1.29, 1.82) is 0 Å². The molecular weight excluding hydrogens is 366 g/mol. The lowest BCUT2D eigenvalue weighted by Gasteiger charge is -2.30. The number of rotatable bonds is 3. The van der Waals surface area contributed by atoms with Gasteiger partial charge in [0.15, 0.2) is 5.69 Å². The van der Waals surface area contributed by atoms with E-state index < -0.39 is 0 Å². The number of aromatic nitrogens is 4. The Bertz CT molecular complexity index is 1010. The highest BCUT2D eigenvalue weighted by atomic mass is 16.4. The molecule has 1 saturated carbocycles. The van der Waals surface area contributed by atoms with E-state index in [0.29, 0.717) is 36.5 Å². The second-order valence-electron chi connectivity index (χ2n) is 8.34. The van der Waals surface area contributed by atoms with Crippen LogP contribution in [0.4, 0.5) is 0 Å². The summed E-state index contributed by atoms with van der Waals surface area (Å²) >= 11 is 0. The second-order valence-corrected chi connectivity index (χ2v) is 8.34. The van der Waals surface area contributed by atoms with Crippen molar-refractivity contribution >= 4 is 11.4 Å². The third kappa shape index (κ3) is 3.43. The third-order valence-electron chi connectivity index (χ3n) is 6.42. The van der Waals surface area contributed by atoms with E-state index in [1.165, 1.54) is 19.3 Å². The standard InChI is InChI=1S/C22H27N5O2/c1-15-24-25-21(29-15)17-10-13-26(14-11-17)22(28)19-18-9-5-6-12-27(18)20(23-19)16-7-3-2-4-8-16/h5-6,9,12,16-17H,2-4,7-8,10-11,13-14H2,1H3. The molecule has 5 rings (SSSR count). The van der Waals surface area contributed by atoms with Crippen molar-refractivity contribution in [3.63, 3.8) is 0 Å². The van der Waals surface area contributed by atoms with Gasteiger partial charge in [-0.1, -0.05) is 25.3 Å². The number of likely N-dealkylation sites (tertiary alicyclic amines) is 1. The molecule has 0 aromatic carbocycles. The number of carbonyl (C=O) groups is 1. The van der Waals surface area contributed by atoms with Crippen LogP contribution in [0.2, 0.25) is 0 Å². The maximum Gasteiger partial charge on any atom is 0.274 e. The van der Waals surface area contributed by atoms with Gasteiger partial charge in [-0.15, -0.1) is 10.2 Å². The predicted molar refractivity (Wildman–Crippen MR) is 108 cm³/mol. The SMILES string of the molecule is Cc1nnc(C2CCN(C(=O)c3nc(C4CCCCC4)n4ccccc34)CC2)o1. The van der Waals surface area contributed by atoms with Crippen LogP contribution in [0.3, 0.4) is 0 Å². The van der Waals surface area contributed by atoms with E-state index in [2.05, 4.69) is 14.6 Å². The molecule has 0 atom stereocenters. The maximum absolute atomic E-state index is 13.4. The number of nitrogens with zero attached hydrogens (tertiary/aromatic N) is 5. The molecule has 1 saturated heterocycles. The van der Waals surface area contributed by atoms with Gasteiger partial charge < -0.3 is 13.7 Å². The summed E-state index contributed by atoms with van der Waals surface area (Å²) in [4.78, 5) is 20.2. The predicted octanol–water partition coefficient (Wildman–Crippen LogP) is 4.09. The van der Waals surface area contributed by atoms with Crippen LogP contribution in [-0.4, -0.2) is 43.5 Å². The van der Waals surface area contributed by atoms with Crippen LogP contribution in [-0.2, 0) is 0 Å². The largest absolute Gasteiger partial charge is 0.425 e. The molecule has 1 aliphatic heterocycles. The molecule has 1 amide bonds. The minimum absolute atomic E-state index is 0.0379. The zero-order chi connectivity index (χ0) is 19.8. The molecule has 3 aromatic heterocycles. The first-order valence-corrected chi connectivity index (χ1v) is 10.8. The zero-order valence-corrected chi connectivity index (χ0v) is 16.9. The van der Waals surface area contributed by atoms with Crippen LogP contribution >= 0.6 is 0 Å². The zero-order valence-electron chi connectivity index (χ0n) is 16.9. The molecule has 2 aliphatic rings. The molecule has 0 N–H and O–H groups in total. The summed E-state index contributed by atoms with van der Waals surface area (Å²) in [6.45, 7) is 3.19. The number of hydrogen-bond donors (Lipinski definition) is 0. The van der Waals surface area contributed by atoms with Gasteiger partial charge >= 0.3 is 0 Å². The van der Waals surface area contributed by atoms with Crippen LogP contribution in [0.15, 0.2) is 28.8 Å². The first-order chi connectivity index (χ1) is 14.2. The van der Waals surface area contributed by atoms with Crippen LogP contribution in [0.25, 0.3) is 5.52 Å². The highest BCUT2D eigenvalue weighted by Gasteiger charge is 2.31. The number of imidazole rings is 1. The summed E-state index contributed by atoms with van der Waals surface area (Å²) in [7, 11) is 0. The van der Waals surface area contributed by atoms with Gasteiger partial charge in [0.05, 0.1) is 5.52 Å². The number of amides is 1. The minimum Gasteiger partial charge on any atom is -0.425 e. The molecule has 1 aliphatic carbocycles. The van der Waals surface area contributed by atoms with Gasteiger partial charge in [0, 0.05) is 38.0 Å². The van der Waals surface area contributed by atoms with E-state index in [1.807, 2.05) is 36.2 Å². The number of carbonyl (C=O) groups excluding carboxylic acids is 1. The van der Waals surface area contributed by atoms with E-state index >= 15 is 0 Å². The lowest BCUT2D eigenvalue weighted by Crippen LogP contribution is -2.38. The van der Waals surface area contributed by atoms with Crippen LogP contribution in [0, 0.1) is 6.92 Å². The van der Waals surface area contributed by atoms with Gasteiger partial charge in [-0.05, 0) is 37.8 Å². The quantitative estimate of drug-likeness (QED) is 0.670. The molecule has 0 bridgehead atoms. The highest BCUT2D eigenvalue weighted by Crippen LogP contribution is 2.34. The minimum atomic E-state index is 0.0379. The van der Waals surface area contributed by atoms with Crippen molar-refractivity contribution in [2.75, 3.05) is 13.1 Å². The van der Waals surface area contributed by atoms with E-state index in [4.69, 9.17) is 9.40 Å². The van der Waals surface area contributed by atoms with Crippen molar-refractivity contribution in [1.82, 2.24) is 24.5 Å². The number of aryl methyl sites for hydroxylation is 1. The Kier molecular flexibility index (Phi) is 4.81. The molecule has 7 heteroatoms. The lowest BCUT2D eigenvalue weighted by atomic mass is 9.89. The second kappa shape index (κ2) is 7.61. The lowest BCUT2D eigenvalue weighted by molar-refractivity contribution is 0.0702. The Hall–Kier alpha value is -2.70. The molecule has 0 spiro atoms. The van der Waals surface area contributed by atoms with E-state index in [1.54, 1.807) is 0 Å². The monoisotopic (exact) mass is 393 g/mol. The highest BCUT2D eigenvalue weighted by molar-refractivity contribution is 5.99. The van der Waals surface area contributed by atoms with Gasteiger partial charge in [-0.3, -0.25) is 4.79 Å². The molecule has 0 radical (unpaired) electrons. The Morgan fingerprint density at radius 1 is 1.03 bits per heavy atom. The Balaban J connectivity index is 1.37. The number of fused-ring (bicyclic) bond motifs is 1. The summed E-state index contributed by atoms with van der Waals surface area (Å²) in [5.41, 5.74) is 1.52. The van der Waals surface area contributed by atoms with Gasteiger partial charge in [-0.25, -0.2) is 4.98 Å². The van der Waals surface area contributed by atoms with Gasteiger partial charge in [0.2, 0.25) is 11.8 Å². The smallest absolute Gasteiger partial charge is 0.274 e. The molecular formula is C22H27N5O2. The molecule has 152 valence electrons. The normalized spacial score (nSPS) is 19.1. The number of hydrogen-bond acceptors (Lipinski definition) is 5. The first-order valence-electron chi connectivity index (χ1n) is 10.8. The summed E-state index contributed by atoms with van der Waals surface area (Å²) in [5, 5.41) is 8.09. The number of pyridine rings is 1. The summed E-state index contributed by atoms with van der Waals surface area (Å²) in [5.74, 6) is 3.07. The van der Waals surface area contributed by atoms with Gasteiger partial charge in [-0.2, -0.15) is 0 Å². The van der Waals surface area contributed by atoms with Gasteiger partial charge in [0.1, 0.15) is 5.82 Å². The van der Waals surface area contributed by atoms with E-state index in [-0.39, 0.29) is 11.8 Å². The van der Waals surface area contributed by atoms with Crippen LogP contribution in [0.1, 0.15) is 84.9 Å². The first kappa shape index (κ1) is 18.3. The average molecular weight is 393 g/mol. The Morgan fingerprint density at radius 2 is 1.83 bits per heavy atom. The van der Waals surface area contributed by atoms with Crippen molar-refractivity contribution in [3.8, 4) is 0 Å². The summed E-state index contributed by atoms with van der Waals surface area (Å²) in [6.07, 6.45) is 9.86. The maximum atomic E-state index is 13.4. The van der Waals surface area contributed by atoms with Crippen LogP contribution in [0.5, 0.6) is 0 Å². The third-order valence-corrected chi connectivity index (χ3v) is 6.42.